The van der Waals surface area contributed by atoms with Crippen molar-refractivity contribution < 1.29 is 4.79 Å². The first kappa shape index (κ1) is 11.5. The highest BCUT2D eigenvalue weighted by Crippen LogP contribution is 2.24. The standard InChI is InChI=1S/C13H20N2O/c1-2-6-13(16)15-10-4-3-8-12(15)11-7-5-9-14-11/h11-12,14H,3-5,7-10H2,1H3. The first-order chi connectivity index (χ1) is 7.83. The number of hydrogen-bond acceptors (Lipinski definition) is 2. The van der Waals surface area contributed by atoms with Gasteiger partial charge >= 0.3 is 0 Å². The van der Waals surface area contributed by atoms with Crippen LogP contribution >= 0.6 is 0 Å². The molecule has 2 aliphatic heterocycles. The fourth-order valence-electron chi connectivity index (χ4n) is 2.85. The van der Waals surface area contributed by atoms with Crippen LogP contribution in [0.1, 0.15) is 39.0 Å². The third-order valence-electron chi connectivity index (χ3n) is 3.60. The zero-order valence-corrected chi connectivity index (χ0v) is 9.96. The van der Waals surface area contributed by atoms with Crippen LogP contribution in [0.15, 0.2) is 0 Å². The number of piperidine rings is 1. The Morgan fingerprint density at radius 2 is 2.19 bits per heavy atom. The van der Waals surface area contributed by atoms with Crippen LogP contribution in [-0.4, -0.2) is 36.0 Å². The molecule has 2 fully saturated rings. The van der Waals surface area contributed by atoms with E-state index in [1.807, 2.05) is 4.90 Å². The molecule has 2 rings (SSSR count). The molecule has 0 aromatic rings. The van der Waals surface area contributed by atoms with Crippen LogP contribution in [0.3, 0.4) is 0 Å². The summed E-state index contributed by atoms with van der Waals surface area (Å²) in [5, 5.41) is 3.51. The van der Waals surface area contributed by atoms with Crippen molar-refractivity contribution in [2.24, 2.45) is 0 Å². The highest BCUT2D eigenvalue weighted by molar-refractivity contribution is 5.93. The van der Waals surface area contributed by atoms with Gasteiger partial charge in [0.2, 0.25) is 0 Å². The number of carbonyl (C=O) groups excluding carboxylic acids is 1. The third kappa shape index (κ3) is 2.38. The summed E-state index contributed by atoms with van der Waals surface area (Å²) in [6.45, 7) is 3.71. The maximum absolute atomic E-state index is 11.9. The number of likely N-dealkylation sites (tertiary alicyclic amines) is 1. The van der Waals surface area contributed by atoms with E-state index in [4.69, 9.17) is 0 Å². The Morgan fingerprint density at radius 3 is 2.88 bits per heavy atom. The van der Waals surface area contributed by atoms with Crippen LogP contribution < -0.4 is 5.32 Å². The van der Waals surface area contributed by atoms with Gasteiger partial charge in [0.05, 0.1) is 0 Å². The topological polar surface area (TPSA) is 32.3 Å². The molecule has 0 radical (unpaired) electrons. The van der Waals surface area contributed by atoms with Crippen LogP contribution in [0.5, 0.6) is 0 Å². The van der Waals surface area contributed by atoms with Gasteiger partial charge in [-0.15, -0.1) is 0 Å². The second-order valence-electron chi connectivity index (χ2n) is 4.64. The van der Waals surface area contributed by atoms with Gasteiger partial charge in [-0.3, -0.25) is 4.79 Å². The number of nitrogens with one attached hydrogen (secondary N) is 1. The van der Waals surface area contributed by atoms with E-state index in [2.05, 4.69) is 17.2 Å². The predicted molar refractivity (Wildman–Crippen MR) is 63.8 cm³/mol. The second kappa shape index (κ2) is 5.36. The number of amides is 1. The van der Waals surface area contributed by atoms with Gasteiger partial charge in [-0.25, -0.2) is 0 Å². The largest absolute Gasteiger partial charge is 0.327 e. The van der Waals surface area contributed by atoms with Gasteiger partial charge < -0.3 is 10.2 Å². The van der Waals surface area contributed by atoms with Crippen molar-refractivity contribution >= 4 is 5.91 Å². The maximum atomic E-state index is 11.9. The van der Waals surface area contributed by atoms with Gasteiger partial charge in [0.25, 0.3) is 5.91 Å². The first-order valence-electron chi connectivity index (χ1n) is 6.29. The summed E-state index contributed by atoms with van der Waals surface area (Å²) in [7, 11) is 0. The molecule has 16 heavy (non-hydrogen) atoms. The normalized spacial score (nSPS) is 29.7. The summed E-state index contributed by atoms with van der Waals surface area (Å²) in [6, 6.07) is 0.882. The fourth-order valence-corrected chi connectivity index (χ4v) is 2.85. The minimum atomic E-state index is 0.0147. The molecule has 2 saturated heterocycles. The van der Waals surface area contributed by atoms with Gasteiger partial charge in [-0.1, -0.05) is 5.92 Å². The van der Waals surface area contributed by atoms with E-state index in [1.165, 1.54) is 19.3 Å². The SMILES string of the molecule is CC#CC(=O)N1CCCCC1C1CCCN1. The molecule has 0 bridgehead atoms. The number of carbonyl (C=O) groups is 1. The van der Waals surface area contributed by atoms with Crippen LogP contribution in [0.4, 0.5) is 0 Å². The number of nitrogens with zero attached hydrogens (tertiary/aromatic N) is 1. The van der Waals surface area contributed by atoms with E-state index in [-0.39, 0.29) is 5.91 Å². The summed E-state index contributed by atoms with van der Waals surface area (Å²) in [5.74, 6) is 5.41. The lowest BCUT2D eigenvalue weighted by atomic mass is 9.94. The minimum Gasteiger partial charge on any atom is -0.327 e. The van der Waals surface area contributed by atoms with Crippen molar-refractivity contribution in [2.45, 2.75) is 51.1 Å². The summed E-state index contributed by atoms with van der Waals surface area (Å²) in [4.78, 5) is 13.9. The Hall–Kier alpha value is -1.01. The molecule has 2 heterocycles. The lowest BCUT2D eigenvalue weighted by molar-refractivity contribution is -0.129. The maximum Gasteiger partial charge on any atom is 0.298 e. The Morgan fingerprint density at radius 1 is 1.31 bits per heavy atom. The van der Waals surface area contributed by atoms with E-state index >= 15 is 0 Å². The summed E-state index contributed by atoms with van der Waals surface area (Å²) >= 11 is 0. The molecule has 3 nitrogen and oxygen atoms in total. The first-order valence-corrected chi connectivity index (χ1v) is 6.29. The van der Waals surface area contributed by atoms with Crippen molar-refractivity contribution in [3.63, 3.8) is 0 Å². The molecule has 0 aliphatic carbocycles. The van der Waals surface area contributed by atoms with Crippen LogP contribution in [0.2, 0.25) is 0 Å². The third-order valence-corrected chi connectivity index (χ3v) is 3.60. The van der Waals surface area contributed by atoms with Crippen molar-refractivity contribution in [1.82, 2.24) is 10.2 Å². The van der Waals surface area contributed by atoms with E-state index in [0.29, 0.717) is 12.1 Å². The van der Waals surface area contributed by atoms with Gasteiger partial charge in [0.1, 0.15) is 0 Å². The van der Waals surface area contributed by atoms with Crippen LogP contribution in [0, 0.1) is 11.8 Å². The molecular weight excluding hydrogens is 200 g/mol. The molecule has 1 N–H and O–H groups in total. The van der Waals surface area contributed by atoms with Crippen LogP contribution in [0.25, 0.3) is 0 Å². The molecule has 2 unspecified atom stereocenters. The average Bonchev–Trinajstić information content (AvgIpc) is 2.83. The zero-order chi connectivity index (χ0) is 11.4. The Labute approximate surface area is 97.6 Å². The van der Waals surface area contributed by atoms with E-state index < -0.39 is 0 Å². The second-order valence-corrected chi connectivity index (χ2v) is 4.64. The average molecular weight is 220 g/mol. The van der Waals surface area contributed by atoms with Crippen molar-refractivity contribution in [1.29, 1.82) is 0 Å². The molecule has 2 atom stereocenters. The summed E-state index contributed by atoms with van der Waals surface area (Å²) in [6.07, 6.45) is 5.94. The summed E-state index contributed by atoms with van der Waals surface area (Å²) < 4.78 is 0. The molecule has 88 valence electrons. The van der Waals surface area contributed by atoms with E-state index in [0.717, 1.165) is 25.9 Å². The molecule has 2 aliphatic rings. The molecule has 3 heteroatoms. The van der Waals surface area contributed by atoms with E-state index in [1.54, 1.807) is 6.92 Å². The number of rotatable bonds is 1. The summed E-state index contributed by atoms with van der Waals surface area (Å²) in [5.41, 5.74) is 0. The van der Waals surface area contributed by atoms with E-state index in [9.17, 15) is 4.79 Å². The lowest BCUT2D eigenvalue weighted by Gasteiger charge is -2.38. The fraction of sp³-hybridized carbons (Fsp3) is 0.769. The van der Waals surface area contributed by atoms with Gasteiger partial charge in [-0.05, 0) is 51.5 Å². The van der Waals surface area contributed by atoms with Gasteiger partial charge in [0.15, 0.2) is 0 Å². The van der Waals surface area contributed by atoms with Crippen molar-refractivity contribution in [3.8, 4) is 11.8 Å². The predicted octanol–water partition coefficient (Wildman–Crippen LogP) is 1.14. The van der Waals surface area contributed by atoms with Gasteiger partial charge in [0, 0.05) is 18.6 Å². The molecule has 0 spiro atoms. The monoisotopic (exact) mass is 220 g/mol. The smallest absolute Gasteiger partial charge is 0.298 e. The Balaban J connectivity index is 2.05. The highest BCUT2D eigenvalue weighted by Gasteiger charge is 2.33. The lowest BCUT2D eigenvalue weighted by Crippen LogP contribution is -2.52. The minimum absolute atomic E-state index is 0.0147. The molecule has 0 aromatic heterocycles. The van der Waals surface area contributed by atoms with Gasteiger partial charge in [-0.2, -0.15) is 0 Å². The van der Waals surface area contributed by atoms with Crippen LogP contribution in [-0.2, 0) is 4.79 Å². The molecule has 0 saturated carbocycles. The molecule has 1 amide bonds. The number of hydrogen-bond donors (Lipinski definition) is 1. The Kier molecular flexibility index (Phi) is 3.84. The quantitative estimate of drug-likeness (QED) is 0.672. The Bertz CT molecular complexity index is 310. The van der Waals surface area contributed by atoms with Crippen molar-refractivity contribution in [2.75, 3.05) is 13.1 Å². The zero-order valence-electron chi connectivity index (χ0n) is 9.96. The van der Waals surface area contributed by atoms with Crippen molar-refractivity contribution in [3.05, 3.63) is 0 Å². The molecular formula is C13H20N2O. The highest BCUT2D eigenvalue weighted by atomic mass is 16.2. The molecule has 0 aromatic carbocycles.